The molecule has 0 atom stereocenters. The number of carbonyl (C=O) groups is 1. The smallest absolute Gasteiger partial charge is 0.497 e. The fourth-order valence-electron chi connectivity index (χ4n) is 5.31. The summed E-state index contributed by atoms with van der Waals surface area (Å²) in [4.78, 5) is 12.6. The first-order chi connectivity index (χ1) is 24.9. The molecule has 0 radical (unpaired) electrons. The zero-order valence-electron chi connectivity index (χ0n) is 29.0. The highest BCUT2D eigenvalue weighted by Gasteiger charge is 2.25. The third kappa shape index (κ3) is 9.11. The van der Waals surface area contributed by atoms with E-state index in [1.807, 2.05) is 78.9 Å². The van der Waals surface area contributed by atoms with Crippen LogP contribution in [0.15, 0.2) is 84.9 Å². The Balaban J connectivity index is 0.000000328. The van der Waals surface area contributed by atoms with Crippen LogP contribution in [0.2, 0.25) is 0 Å². The number of nitrogens with zero attached hydrogens (tertiary/aromatic N) is 4. The van der Waals surface area contributed by atoms with Gasteiger partial charge in [-0.3, -0.25) is 11.3 Å². The molecule has 2 heterocycles. The van der Waals surface area contributed by atoms with E-state index in [1.54, 1.807) is 46.1 Å². The summed E-state index contributed by atoms with van der Waals surface area (Å²) in [5.41, 5.74) is 9.41. The Morgan fingerprint density at radius 3 is 2.12 bits per heavy atom. The first kappa shape index (κ1) is 36.6. The fraction of sp³-hybridized carbons (Fsp3) is 0.243. The lowest BCUT2D eigenvalue weighted by Crippen LogP contribution is -2.21. The highest BCUT2D eigenvalue weighted by atomic mass is 32.1. The molecule has 0 aliphatic heterocycles. The molecule has 0 aliphatic rings. The molecule has 2 aromatic heterocycles. The number of aromatic nitrogens is 4. The zero-order valence-corrected chi connectivity index (χ0v) is 29.9. The van der Waals surface area contributed by atoms with E-state index in [2.05, 4.69) is 14.2 Å². The Hall–Kier alpha value is -5.70. The van der Waals surface area contributed by atoms with Gasteiger partial charge < -0.3 is 28.4 Å². The van der Waals surface area contributed by atoms with Gasteiger partial charge in [0.25, 0.3) is 0 Å². The van der Waals surface area contributed by atoms with Crippen molar-refractivity contribution >= 4 is 28.9 Å². The minimum absolute atomic E-state index is 0.188. The third-order valence-electron chi connectivity index (χ3n) is 7.79. The topological polar surface area (TPSA) is 154 Å². The first-order valence-electron chi connectivity index (χ1n) is 16.0. The van der Waals surface area contributed by atoms with Gasteiger partial charge in [0.05, 0.1) is 59.0 Å². The number of rotatable bonds is 13. The van der Waals surface area contributed by atoms with Gasteiger partial charge in [-0.05, 0) is 42.8 Å². The van der Waals surface area contributed by atoms with Crippen molar-refractivity contribution in [3.8, 4) is 40.1 Å². The summed E-state index contributed by atoms with van der Waals surface area (Å²) in [7, 11) is 6.44. The van der Waals surface area contributed by atoms with E-state index >= 15 is 0 Å². The molecular formula is C37H40N6O7S. The lowest BCUT2D eigenvalue weighted by atomic mass is 10.0. The molecule has 0 amide bonds. The maximum absolute atomic E-state index is 12.6. The van der Waals surface area contributed by atoms with Crippen LogP contribution in [0.25, 0.3) is 22.3 Å². The molecule has 13 nitrogen and oxygen atoms in total. The number of nitrogens with two attached hydrogens (primary N) is 1. The quantitative estimate of drug-likeness (QED) is 0.0772. The van der Waals surface area contributed by atoms with E-state index in [0.29, 0.717) is 36.0 Å². The maximum atomic E-state index is 12.6. The van der Waals surface area contributed by atoms with Crippen molar-refractivity contribution in [2.24, 2.45) is 5.84 Å². The molecule has 0 aliphatic carbocycles. The van der Waals surface area contributed by atoms with Crippen LogP contribution in [0.3, 0.4) is 0 Å². The van der Waals surface area contributed by atoms with Crippen LogP contribution in [0.4, 0.5) is 4.79 Å². The van der Waals surface area contributed by atoms with E-state index in [0.717, 1.165) is 50.3 Å². The standard InChI is InChI=1S/C28H26N4O5S.C9H14N2O2/c1-4-36-28(33)37-27-22(14-18-10-13-23-24(15-18)31-38-30-23)26(19-8-6-5-7-9-19)29-32(27)17-20-11-12-21(34-2)16-25(20)35-3;1-12-8-4-3-7(6-11-10)9(5-8)13-2/h5-13,15-16H,4,14,17H2,1-3H3;3-5,11H,6,10H2,1-2H3. The summed E-state index contributed by atoms with van der Waals surface area (Å²) in [6.45, 7) is 2.78. The summed E-state index contributed by atoms with van der Waals surface area (Å²) in [5, 5.41) is 4.93. The van der Waals surface area contributed by atoms with E-state index < -0.39 is 6.16 Å². The number of nitrogens with one attached hydrogen (secondary N) is 1. The second-order valence-electron chi connectivity index (χ2n) is 10.9. The highest BCUT2D eigenvalue weighted by molar-refractivity contribution is 7.00. The molecule has 0 bridgehead atoms. The Kier molecular flexibility index (Phi) is 12.8. The predicted octanol–water partition coefficient (Wildman–Crippen LogP) is 6.41. The molecule has 266 valence electrons. The van der Waals surface area contributed by atoms with Crippen LogP contribution < -0.4 is 35.0 Å². The molecule has 6 aromatic rings. The maximum Gasteiger partial charge on any atom is 0.515 e. The molecule has 0 spiro atoms. The molecule has 4 aromatic carbocycles. The van der Waals surface area contributed by atoms with Gasteiger partial charge in [0.1, 0.15) is 34.0 Å². The number of hydrogen-bond donors (Lipinski definition) is 2. The van der Waals surface area contributed by atoms with Gasteiger partial charge in [-0.1, -0.05) is 42.5 Å². The monoisotopic (exact) mass is 712 g/mol. The van der Waals surface area contributed by atoms with Crippen molar-refractivity contribution in [2.75, 3.05) is 35.0 Å². The first-order valence-corrected chi connectivity index (χ1v) is 16.7. The fourth-order valence-corrected chi connectivity index (χ4v) is 5.83. The molecular weight excluding hydrogens is 673 g/mol. The van der Waals surface area contributed by atoms with Crippen molar-refractivity contribution in [3.63, 3.8) is 0 Å². The molecule has 14 heteroatoms. The molecule has 0 unspecified atom stereocenters. The van der Waals surface area contributed by atoms with E-state index in [-0.39, 0.29) is 13.2 Å². The molecule has 3 N–H and O–H groups in total. The lowest BCUT2D eigenvalue weighted by molar-refractivity contribution is 0.100. The Morgan fingerprint density at radius 1 is 0.804 bits per heavy atom. The molecule has 6 rings (SSSR count). The number of ether oxygens (including phenoxy) is 6. The van der Waals surface area contributed by atoms with Crippen molar-refractivity contribution in [2.45, 2.75) is 26.4 Å². The van der Waals surface area contributed by atoms with Gasteiger partial charge in [-0.15, -0.1) is 0 Å². The van der Waals surface area contributed by atoms with Gasteiger partial charge >= 0.3 is 6.16 Å². The molecule has 0 saturated carbocycles. The highest BCUT2D eigenvalue weighted by Crippen LogP contribution is 2.35. The molecule has 51 heavy (non-hydrogen) atoms. The van der Waals surface area contributed by atoms with Crippen LogP contribution in [0, 0.1) is 0 Å². The van der Waals surface area contributed by atoms with Gasteiger partial charge in [-0.25, -0.2) is 9.48 Å². The van der Waals surface area contributed by atoms with Gasteiger partial charge in [-0.2, -0.15) is 13.8 Å². The average Bonchev–Trinajstić information content (AvgIpc) is 3.77. The van der Waals surface area contributed by atoms with E-state index in [1.165, 1.54) is 11.7 Å². The second-order valence-corrected chi connectivity index (χ2v) is 11.5. The third-order valence-corrected chi connectivity index (χ3v) is 8.35. The summed E-state index contributed by atoms with van der Waals surface area (Å²) < 4.78 is 42.4. The number of fused-ring (bicyclic) bond motifs is 1. The summed E-state index contributed by atoms with van der Waals surface area (Å²) >= 11 is 1.17. The lowest BCUT2D eigenvalue weighted by Gasteiger charge is -2.13. The largest absolute Gasteiger partial charge is 0.515 e. The van der Waals surface area contributed by atoms with Crippen molar-refractivity contribution in [1.29, 1.82) is 0 Å². The van der Waals surface area contributed by atoms with Crippen LogP contribution in [0.1, 0.15) is 29.2 Å². The summed E-state index contributed by atoms with van der Waals surface area (Å²) in [6, 6.07) is 26.9. The number of methoxy groups -OCH3 is 4. The van der Waals surface area contributed by atoms with Gasteiger partial charge in [0, 0.05) is 47.4 Å². The molecule has 0 fully saturated rings. The predicted molar refractivity (Wildman–Crippen MR) is 195 cm³/mol. The van der Waals surface area contributed by atoms with Crippen LogP contribution in [-0.2, 0) is 24.2 Å². The van der Waals surface area contributed by atoms with Crippen molar-refractivity contribution in [1.82, 2.24) is 24.0 Å². The minimum atomic E-state index is -0.796. The Labute approximate surface area is 300 Å². The van der Waals surface area contributed by atoms with Gasteiger partial charge in [0.2, 0.25) is 5.88 Å². The van der Waals surface area contributed by atoms with Crippen molar-refractivity contribution < 1.29 is 33.2 Å². The SMILES string of the molecule is CCOC(=O)Oc1c(Cc2ccc3nsnc3c2)c(-c2ccccc2)nn1Cc1ccc(OC)cc1OC.COc1ccc(CNN)c(OC)c1. The number of hydrazine groups is 1. The second kappa shape index (κ2) is 17.8. The van der Waals surface area contributed by atoms with Crippen molar-refractivity contribution in [3.05, 3.63) is 107 Å². The zero-order chi connectivity index (χ0) is 36.2. The van der Waals surface area contributed by atoms with Crippen LogP contribution in [0.5, 0.6) is 28.9 Å². The molecule has 0 saturated heterocycles. The number of carbonyl (C=O) groups excluding carboxylic acids is 1. The van der Waals surface area contributed by atoms with Crippen LogP contribution >= 0.6 is 11.7 Å². The Bertz CT molecular complexity index is 2050. The number of benzene rings is 4. The van der Waals surface area contributed by atoms with E-state index in [4.69, 9.17) is 39.4 Å². The number of hydrogen-bond acceptors (Lipinski definition) is 13. The average molecular weight is 713 g/mol. The minimum Gasteiger partial charge on any atom is -0.497 e. The van der Waals surface area contributed by atoms with Crippen LogP contribution in [-0.4, -0.2) is 59.7 Å². The summed E-state index contributed by atoms with van der Waals surface area (Å²) in [6.07, 6.45) is -0.345. The summed E-state index contributed by atoms with van der Waals surface area (Å²) in [5.74, 6) is 8.37. The normalized spacial score (nSPS) is 10.6. The Morgan fingerprint density at radius 2 is 1.47 bits per heavy atom. The van der Waals surface area contributed by atoms with Gasteiger partial charge in [0.15, 0.2) is 0 Å². The van der Waals surface area contributed by atoms with E-state index in [9.17, 15) is 4.79 Å².